The molecule has 2 aromatic carbocycles. The van der Waals surface area contributed by atoms with Gasteiger partial charge in [0.05, 0.1) is 26.0 Å². The number of nitrogens with zero attached hydrogens (tertiary/aromatic N) is 1. The minimum Gasteiger partial charge on any atom is -0.469 e. The number of anilines is 1. The molecule has 1 aliphatic heterocycles. The number of amides is 2. The van der Waals surface area contributed by atoms with Crippen LogP contribution in [0.5, 0.6) is 0 Å². The zero-order chi connectivity index (χ0) is 20.8. The zero-order valence-corrected chi connectivity index (χ0v) is 16.8. The molecule has 0 saturated carbocycles. The van der Waals surface area contributed by atoms with E-state index in [1.807, 2.05) is 55.5 Å². The molecular formula is C23H26N2O4. The third kappa shape index (κ3) is 5.44. The standard InChI is InChI=1S/C23H26N2O4/c1-16-5-9-18(10-6-16)20(15-23(28)29-2)24-21(26)14-17-7-11-19(12-8-17)25-13-3-4-22(25)27/h5-12,20H,3-4,13-15H2,1-2H3,(H,24,26)/t20-/m1/s1. The molecule has 1 N–H and O–H groups in total. The number of carbonyl (C=O) groups excluding carboxylic acids is 3. The lowest BCUT2D eigenvalue weighted by molar-refractivity contribution is -0.141. The van der Waals surface area contributed by atoms with Crippen LogP contribution in [0.2, 0.25) is 0 Å². The van der Waals surface area contributed by atoms with Crippen LogP contribution in [0.25, 0.3) is 0 Å². The molecule has 6 nitrogen and oxygen atoms in total. The molecule has 1 aliphatic rings. The first-order valence-electron chi connectivity index (χ1n) is 9.78. The Morgan fingerprint density at radius 3 is 2.38 bits per heavy atom. The number of aryl methyl sites for hydroxylation is 1. The maximum Gasteiger partial charge on any atom is 0.307 e. The topological polar surface area (TPSA) is 75.7 Å². The van der Waals surface area contributed by atoms with Gasteiger partial charge in [-0.25, -0.2) is 0 Å². The van der Waals surface area contributed by atoms with E-state index in [0.29, 0.717) is 6.42 Å². The lowest BCUT2D eigenvalue weighted by atomic mass is 10.0. The molecule has 1 heterocycles. The molecule has 2 aromatic rings. The van der Waals surface area contributed by atoms with Gasteiger partial charge in [-0.2, -0.15) is 0 Å². The highest BCUT2D eigenvalue weighted by molar-refractivity contribution is 5.95. The molecule has 0 bridgehead atoms. The number of rotatable bonds is 7. The highest BCUT2D eigenvalue weighted by atomic mass is 16.5. The minimum atomic E-state index is -0.447. The SMILES string of the molecule is COC(=O)C[C@@H](NC(=O)Cc1ccc(N2CCCC2=O)cc1)c1ccc(C)cc1. The summed E-state index contributed by atoms with van der Waals surface area (Å²) in [6.07, 6.45) is 1.73. The number of carbonyl (C=O) groups is 3. The summed E-state index contributed by atoms with van der Waals surface area (Å²) < 4.78 is 4.77. The minimum absolute atomic E-state index is 0.0707. The largest absolute Gasteiger partial charge is 0.469 e. The average Bonchev–Trinajstić information content (AvgIpc) is 3.14. The number of ether oxygens (including phenoxy) is 1. The number of nitrogens with one attached hydrogen (secondary N) is 1. The molecule has 3 rings (SSSR count). The fourth-order valence-corrected chi connectivity index (χ4v) is 3.45. The van der Waals surface area contributed by atoms with Gasteiger partial charge >= 0.3 is 5.97 Å². The fourth-order valence-electron chi connectivity index (χ4n) is 3.45. The number of esters is 1. The van der Waals surface area contributed by atoms with Crippen molar-refractivity contribution in [1.29, 1.82) is 0 Å². The number of hydrogen-bond acceptors (Lipinski definition) is 4. The first-order valence-corrected chi connectivity index (χ1v) is 9.78. The normalized spacial score (nSPS) is 14.6. The van der Waals surface area contributed by atoms with E-state index < -0.39 is 6.04 Å². The van der Waals surface area contributed by atoms with Gasteiger partial charge in [0, 0.05) is 18.7 Å². The van der Waals surface area contributed by atoms with Crippen molar-refractivity contribution in [2.24, 2.45) is 0 Å². The van der Waals surface area contributed by atoms with Crippen molar-refractivity contribution >= 4 is 23.5 Å². The summed E-state index contributed by atoms with van der Waals surface area (Å²) in [6, 6.07) is 14.7. The number of benzene rings is 2. The van der Waals surface area contributed by atoms with E-state index in [2.05, 4.69) is 5.32 Å². The Hall–Kier alpha value is -3.15. The van der Waals surface area contributed by atoms with E-state index in [0.717, 1.165) is 35.3 Å². The summed E-state index contributed by atoms with van der Waals surface area (Å²) in [5.41, 5.74) is 3.67. The lowest BCUT2D eigenvalue weighted by Gasteiger charge is -2.19. The molecule has 0 radical (unpaired) electrons. The maximum absolute atomic E-state index is 12.6. The summed E-state index contributed by atoms with van der Waals surface area (Å²) in [5.74, 6) is -0.417. The molecule has 152 valence electrons. The maximum atomic E-state index is 12.6. The van der Waals surface area contributed by atoms with Crippen LogP contribution in [0.4, 0.5) is 5.69 Å². The molecule has 29 heavy (non-hydrogen) atoms. The highest BCUT2D eigenvalue weighted by Crippen LogP contribution is 2.22. The van der Waals surface area contributed by atoms with Gasteiger partial charge in [0.15, 0.2) is 0 Å². The Kier molecular flexibility index (Phi) is 6.65. The van der Waals surface area contributed by atoms with Gasteiger partial charge in [-0.15, -0.1) is 0 Å². The number of methoxy groups -OCH3 is 1. The average molecular weight is 394 g/mol. The lowest BCUT2D eigenvalue weighted by Crippen LogP contribution is -2.31. The van der Waals surface area contributed by atoms with Crippen LogP contribution in [0.1, 0.15) is 42.0 Å². The first kappa shape index (κ1) is 20.6. The predicted molar refractivity (Wildman–Crippen MR) is 110 cm³/mol. The Morgan fingerprint density at radius 2 is 1.79 bits per heavy atom. The van der Waals surface area contributed by atoms with E-state index in [-0.39, 0.29) is 30.6 Å². The van der Waals surface area contributed by atoms with E-state index in [4.69, 9.17) is 4.74 Å². The van der Waals surface area contributed by atoms with Crippen LogP contribution in [-0.2, 0) is 25.5 Å². The first-order chi connectivity index (χ1) is 14.0. The van der Waals surface area contributed by atoms with Gasteiger partial charge in [-0.05, 0) is 36.6 Å². The molecule has 1 fully saturated rings. The van der Waals surface area contributed by atoms with Gasteiger partial charge in [0.25, 0.3) is 0 Å². The molecule has 1 saturated heterocycles. The zero-order valence-electron chi connectivity index (χ0n) is 16.8. The quantitative estimate of drug-likeness (QED) is 0.733. The van der Waals surface area contributed by atoms with Crippen molar-refractivity contribution in [3.05, 3.63) is 65.2 Å². The Balaban J connectivity index is 1.65. The van der Waals surface area contributed by atoms with E-state index in [9.17, 15) is 14.4 Å². The van der Waals surface area contributed by atoms with Crippen molar-refractivity contribution in [3.8, 4) is 0 Å². The molecule has 0 aliphatic carbocycles. The molecule has 0 aromatic heterocycles. The Bertz CT molecular complexity index is 875. The molecule has 6 heteroatoms. The summed E-state index contributed by atoms with van der Waals surface area (Å²) in [7, 11) is 1.34. The van der Waals surface area contributed by atoms with Crippen LogP contribution in [0.3, 0.4) is 0 Å². The van der Waals surface area contributed by atoms with Crippen LogP contribution in [0.15, 0.2) is 48.5 Å². The second-order valence-electron chi connectivity index (χ2n) is 7.30. The van der Waals surface area contributed by atoms with Crippen molar-refractivity contribution in [1.82, 2.24) is 5.32 Å². The van der Waals surface area contributed by atoms with Crippen molar-refractivity contribution < 1.29 is 19.1 Å². The van der Waals surface area contributed by atoms with Gasteiger partial charge in [0.1, 0.15) is 0 Å². The smallest absolute Gasteiger partial charge is 0.307 e. The molecule has 2 amide bonds. The van der Waals surface area contributed by atoms with Crippen molar-refractivity contribution in [3.63, 3.8) is 0 Å². The third-order valence-electron chi connectivity index (χ3n) is 5.10. The summed E-state index contributed by atoms with van der Waals surface area (Å²) >= 11 is 0. The highest BCUT2D eigenvalue weighted by Gasteiger charge is 2.22. The van der Waals surface area contributed by atoms with Gasteiger partial charge in [-0.3, -0.25) is 14.4 Å². The molecule has 1 atom stereocenters. The van der Waals surface area contributed by atoms with E-state index in [1.165, 1.54) is 7.11 Å². The van der Waals surface area contributed by atoms with Gasteiger partial charge in [-0.1, -0.05) is 42.0 Å². The second kappa shape index (κ2) is 9.37. The van der Waals surface area contributed by atoms with Crippen LogP contribution >= 0.6 is 0 Å². The summed E-state index contributed by atoms with van der Waals surface area (Å²) in [4.78, 5) is 38.0. The fraction of sp³-hybridized carbons (Fsp3) is 0.348. The van der Waals surface area contributed by atoms with Crippen molar-refractivity contribution in [2.75, 3.05) is 18.6 Å². The van der Waals surface area contributed by atoms with Crippen LogP contribution in [-0.4, -0.2) is 31.4 Å². The molecular weight excluding hydrogens is 368 g/mol. The second-order valence-corrected chi connectivity index (χ2v) is 7.30. The summed E-state index contributed by atoms with van der Waals surface area (Å²) in [5, 5.41) is 2.94. The predicted octanol–water partition coefficient (Wildman–Crippen LogP) is 3.08. The van der Waals surface area contributed by atoms with Crippen LogP contribution in [0, 0.1) is 6.92 Å². The number of hydrogen-bond donors (Lipinski definition) is 1. The van der Waals surface area contributed by atoms with E-state index >= 15 is 0 Å². The molecule has 0 unspecified atom stereocenters. The Morgan fingerprint density at radius 1 is 1.10 bits per heavy atom. The van der Waals surface area contributed by atoms with Crippen molar-refractivity contribution in [2.45, 2.75) is 38.6 Å². The Labute approximate surface area is 170 Å². The third-order valence-corrected chi connectivity index (χ3v) is 5.10. The molecule has 0 spiro atoms. The van der Waals surface area contributed by atoms with Gasteiger partial charge in [0.2, 0.25) is 11.8 Å². The summed E-state index contributed by atoms with van der Waals surface area (Å²) in [6.45, 7) is 2.72. The van der Waals surface area contributed by atoms with Gasteiger partial charge < -0.3 is 15.0 Å². The monoisotopic (exact) mass is 394 g/mol. The van der Waals surface area contributed by atoms with E-state index in [1.54, 1.807) is 4.90 Å². The van der Waals surface area contributed by atoms with Crippen LogP contribution < -0.4 is 10.2 Å².